The van der Waals surface area contributed by atoms with Gasteiger partial charge in [-0.3, -0.25) is 33.8 Å². The van der Waals surface area contributed by atoms with Gasteiger partial charge in [0.1, 0.15) is 30.8 Å². The summed E-state index contributed by atoms with van der Waals surface area (Å²) >= 11 is 0. The Morgan fingerprint density at radius 3 is 1.80 bits per heavy atom. The van der Waals surface area contributed by atoms with Crippen LogP contribution in [0.1, 0.15) is 38.5 Å². The van der Waals surface area contributed by atoms with E-state index in [1.54, 1.807) is 0 Å². The number of carbonyl (C=O) groups is 6. The van der Waals surface area contributed by atoms with Crippen LogP contribution in [0.25, 0.3) is 0 Å². The number of aliphatic imine (C=N–C) groups is 1. The Labute approximate surface area is 229 Å². The maximum absolute atomic E-state index is 13.1. The van der Waals surface area contributed by atoms with Gasteiger partial charge in [-0.1, -0.05) is 0 Å². The summed E-state index contributed by atoms with van der Waals surface area (Å²) in [5.74, 6) is -2.11. The number of carboxylic acids is 2. The van der Waals surface area contributed by atoms with Crippen LogP contribution in [0.3, 0.4) is 0 Å². The van der Waals surface area contributed by atoms with Crippen molar-refractivity contribution in [3.63, 3.8) is 0 Å². The molecule has 19 heteroatoms. The Kier molecular flexibility index (Phi) is 17.9. The Morgan fingerprint density at radius 2 is 1.30 bits per heavy atom. The number of nitrogens with two attached hydrogens (primary N) is 4. The molecule has 0 aromatic carbocycles. The van der Waals surface area contributed by atoms with E-state index in [9.17, 15) is 33.9 Å². The van der Waals surface area contributed by atoms with Crippen molar-refractivity contribution >= 4 is 41.5 Å². The van der Waals surface area contributed by atoms with E-state index in [-0.39, 0.29) is 31.8 Å². The third kappa shape index (κ3) is 15.4. The summed E-state index contributed by atoms with van der Waals surface area (Å²) in [6, 6.07) is -6.01. The fraction of sp³-hybridized carbons (Fsp3) is 0.667. The maximum Gasteiger partial charge on any atom is 0.328 e. The molecule has 15 N–H and O–H groups in total. The number of carbonyl (C=O) groups excluding carboxylic acids is 4. The summed E-state index contributed by atoms with van der Waals surface area (Å²) in [7, 11) is 0. The van der Waals surface area contributed by atoms with Gasteiger partial charge in [0.15, 0.2) is 5.96 Å². The second-order valence-electron chi connectivity index (χ2n) is 8.47. The highest BCUT2D eigenvalue weighted by atomic mass is 16.6. The lowest BCUT2D eigenvalue weighted by molar-refractivity contribution is -0.144. The minimum absolute atomic E-state index is 0.0579. The second kappa shape index (κ2) is 19.9. The molecule has 0 spiro atoms. The number of carboxylic acid groups (broad SMARTS) is 2. The van der Waals surface area contributed by atoms with Crippen LogP contribution in [0.5, 0.6) is 0 Å². The van der Waals surface area contributed by atoms with Crippen LogP contribution in [0.2, 0.25) is 0 Å². The molecule has 19 nitrogen and oxygen atoms in total. The number of aliphatic hydroxyl groups is 1. The van der Waals surface area contributed by atoms with E-state index in [2.05, 4.69) is 25.8 Å². The van der Waals surface area contributed by atoms with Crippen molar-refractivity contribution in [3.8, 4) is 0 Å². The SMILES string of the molecule is NCCCC[C@H](NC(=O)CON)C(=O)N[C@@H](CCCN=C(N)N)C(=O)N[C@@H](CC(=O)O)C(=O)N[C@@H](CO)C(=O)O. The molecule has 0 aliphatic heterocycles. The Balaban J connectivity index is 5.86. The lowest BCUT2D eigenvalue weighted by Crippen LogP contribution is -2.58. The molecule has 0 heterocycles. The quantitative estimate of drug-likeness (QED) is 0.0262. The van der Waals surface area contributed by atoms with Crippen molar-refractivity contribution in [2.45, 2.75) is 62.7 Å². The molecule has 0 radical (unpaired) electrons. The summed E-state index contributed by atoms with van der Waals surface area (Å²) in [5, 5.41) is 36.3. The molecule has 0 saturated heterocycles. The van der Waals surface area contributed by atoms with Gasteiger partial charge in [-0.05, 0) is 38.6 Å². The first-order valence-electron chi connectivity index (χ1n) is 12.2. The zero-order valence-corrected chi connectivity index (χ0v) is 21.8. The predicted octanol–water partition coefficient (Wildman–Crippen LogP) is -5.45. The van der Waals surface area contributed by atoms with Crippen molar-refractivity contribution in [3.05, 3.63) is 0 Å². The number of nitrogens with one attached hydrogen (secondary N) is 4. The molecule has 4 amide bonds. The summed E-state index contributed by atoms with van der Waals surface area (Å²) in [4.78, 5) is 81.1. The zero-order chi connectivity index (χ0) is 30.7. The van der Waals surface area contributed by atoms with Gasteiger partial charge in [0.05, 0.1) is 13.0 Å². The van der Waals surface area contributed by atoms with E-state index >= 15 is 0 Å². The van der Waals surface area contributed by atoms with Crippen molar-refractivity contribution in [2.24, 2.45) is 28.1 Å². The van der Waals surface area contributed by atoms with E-state index in [0.717, 1.165) is 0 Å². The predicted molar refractivity (Wildman–Crippen MR) is 138 cm³/mol. The maximum atomic E-state index is 13.1. The Morgan fingerprint density at radius 1 is 0.775 bits per heavy atom. The lowest BCUT2D eigenvalue weighted by Gasteiger charge is -2.25. The van der Waals surface area contributed by atoms with Crippen molar-refractivity contribution in [2.75, 3.05) is 26.3 Å². The van der Waals surface area contributed by atoms with Gasteiger partial charge in [0.2, 0.25) is 23.6 Å². The number of nitrogens with zero attached hydrogens (tertiary/aromatic N) is 1. The van der Waals surface area contributed by atoms with E-state index in [0.29, 0.717) is 19.4 Å². The molecule has 0 fully saturated rings. The number of hydrogen-bond acceptors (Lipinski definition) is 11. The van der Waals surface area contributed by atoms with Crippen molar-refractivity contribution in [1.82, 2.24) is 21.3 Å². The fourth-order valence-corrected chi connectivity index (χ4v) is 3.23. The minimum atomic E-state index is -1.77. The topological polar surface area (TPSA) is 337 Å². The highest BCUT2D eigenvalue weighted by Crippen LogP contribution is 2.06. The number of unbranched alkanes of at least 4 members (excludes halogenated alkanes) is 1. The first-order chi connectivity index (χ1) is 18.9. The third-order valence-electron chi connectivity index (χ3n) is 5.20. The molecule has 0 unspecified atom stereocenters. The first kappa shape index (κ1) is 35.9. The number of hydrogen-bond donors (Lipinski definition) is 11. The van der Waals surface area contributed by atoms with E-state index in [4.69, 9.17) is 33.3 Å². The minimum Gasteiger partial charge on any atom is -0.481 e. The molecule has 0 aromatic heterocycles. The van der Waals surface area contributed by atoms with Gasteiger partial charge in [-0.15, -0.1) is 0 Å². The molecule has 4 atom stereocenters. The lowest BCUT2D eigenvalue weighted by atomic mass is 10.1. The molecule has 228 valence electrons. The first-order valence-corrected chi connectivity index (χ1v) is 12.2. The van der Waals surface area contributed by atoms with Gasteiger partial charge < -0.3 is 53.8 Å². The average Bonchev–Trinajstić information content (AvgIpc) is 2.87. The summed E-state index contributed by atoms with van der Waals surface area (Å²) in [6.45, 7) is -1.15. The van der Waals surface area contributed by atoms with Crippen LogP contribution < -0.4 is 44.4 Å². The highest BCUT2D eigenvalue weighted by Gasteiger charge is 2.32. The number of amides is 4. The van der Waals surface area contributed by atoms with E-state index < -0.39 is 79.4 Å². The van der Waals surface area contributed by atoms with Gasteiger partial charge in [0.25, 0.3) is 0 Å². The van der Waals surface area contributed by atoms with E-state index in [1.807, 2.05) is 5.32 Å². The monoisotopic (exact) mass is 577 g/mol. The molecule has 0 rings (SSSR count). The number of rotatable bonds is 21. The third-order valence-corrected chi connectivity index (χ3v) is 5.20. The smallest absolute Gasteiger partial charge is 0.328 e. The van der Waals surface area contributed by atoms with Crippen LogP contribution in [0.15, 0.2) is 4.99 Å². The van der Waals surface area contributed by atoms with Gasteiger partial charge in [-0.2, -0.15) is 0 Å². The average molecular weight is 578 g/mol. The molecule has 40 heavy (non-hydrogen) atoms. The normalized spacial score (nSPS) is 13.6. The zero-order valence-electron chi connectivity index (χ0n) is 21.8. The van der Waals surface area contributed by atoms with E-state index in [1.165, 1.54) is 0 Å². The Bertz CT molecular complexity index is 898. The van der Waals surface area contributed by atoms with Gasteiger partial charge >= 0.3 is 11.9 Å². The molecule has 0 saturated carbocycles. The van der Waals surface area contributed by atoms with Crippen LogP contribution in [-0.2, 0) is 33.6 Å². The second-order valence-corrected chi connectivity index (χ2v) is 8.47. The summed E-state index contributed by atoms with van der Waals surface area (Å²) < 4.78 is 0. The van der Waals surface area contributed by atoms with Crippen LogP contribution >= 0.6 is 0 Å². The van der Waals surface area contributed by atoms with Crippen LogP contribution in [0, 0.1) is 0 Å². The number of guanidine groups is 1. The molecule has 0 bridgehead atoms. The molecule has 0 aromatic rings. The van der Waals surface area contributed by atoms with Crippen molar-refractivity contribution in [1.29, 1.82) is 0 Å². The number of aliphatic hydroxyl groups excluding tert-OH is 1. The van der Waals surface area contributed by atoms with Crippen LogP contribution in [-0.4, -0.2) is 107 Å². The number of aliphatic carboxylic acids is 2. The largest absolute Gasteiger partial charge is 0.481 e. The summed E-state index contributed by atoms with van der Waals surface area (Å²) in [6.07, 6.45) is 0.246. The molecular weight excluding hydrogens is 538 g/mol. The standard InChI is InChI=1S/C21H39N9O10/c22-6-2-1-4-11(27-15(32)10-40-25)17(35)28-12(5-3-7-26-21(23)24)18(36)29-13(8-16(33)34)19(37)30-14(9-31)20(38)39/h11-14,31H,1-10,22,25H2,(H,27,32)(H,28,35)(H,29,36)(H,30,37)(H,33,34)(H,38,39)(H4,23,24,26)/t11-,12-,13-,14-/m0/s1. The fourth-order valence-electron chi connectivity index (χ4n) is 3.23. The summed E-state index contributed by atoms with van der Waals surface area (Å²) in [5.41, 5.74) is 16.1. The van der Waals surface area contributed by atoms with Crippen molar-refractivity contribution < 1.29 is 48.9 Å². The van der Waals surface area contributed by atoms with Gasteiger partial charge in [0, 0.05) is 6.54 Å². The molecule has 0 aliphatic rings. The molecular formula is C21H39N9O10. The Hall–Kier alpha value is -4.07. The van der Waals surface area contributed by atoms with Crippen LogP contribution in [0.4, 0.5) is 0 Å². The highest BCUT2D eigenvalue weighted by molar-refractivity contribution is 5.96. The molecule has 0 aliphatic carbocycles. The van der Waals surface area contributed by atoms with Gasteiger partial charge in [-0.25, -0.2) is 10.7 Å².